The summed E-state index contributed by atoms with van der Waals surface area (Å²) in [6, 6.07) is 0. The molecule has 1 unspecified atom stereocenters. The van der Waals surface area contributed by atoms with Gasteiger partial charge in [0.25, 0.3) is 0 Å². The molecule has 6 heteroatoms. The van der Waals surface area contributed by atoms with Crippen LogP contribution in [0.5, 0.6) is 0 Å². The number of thioether (sulfide) groups is 1. The molecule has 1 atom stereocenters. The minimum atomic E-state index is 0. The zero-order valence-corrected chi connectivity index (χ0v) is 13.8. The Morgan fingerprint density at radius 2 is 2.11 bits per heavy atom. The van der Waals surface area contributed by atoms with Gasteiger partial charge < -0.3 is 15.4 Å². The van der Waals surface area contributed by atoms with Crippen LogP contribution in [0.15, 0.2) is 0 Å². The molecule has 1 fully saturated rings. The molecule has 0 aliphatic carbocycles. The largest absolute Gasteiger partial charge is 0.384 e. The van der Waals surface area contributed by atoms with E-state index in [-0.39, 0.29) is 29.6 Å². The van der Waals surface area contributed by atoms with E-state index in [2.05, 4.69) is 10.6 Å². The highest BCUT2D eigenvalue weighted by atomic mass is 35.5. The fourth-order valence-corrected chi connectivity index (χ4v) is 3.06. The highest BCUT2D eigenvalue weighted by molar-refractivity contribution is 7.98. The normalized spacial score (nSPS) is 19.3. The molecule has 114 valence electrons. The zero-order chi connectivity index (χ0) is 13.4. The number of halogens is 1. The topological polar surface area (TPSA) is 50.4 Å². The average molecular weight is 311 g/mol. The first-order valence-corrected chi connectivity index (χ1v) is 7.99. The summed E-state index contributed by atoms with van der Waals surface area (Å²) in [7, 11) is 1.74. The Hall–Kier alpha value is 0.0300. The van der Waals surface area contributed by atoms with Crippen molar-refractivity contribution in [3.63, 3.8) is 0 Å². The maximum atomic E-state index is 11.9. The van der Waals surface area contributed by atoms with Gasteiger partial charge in [0, 0.05) is 30.7 Å². The summed E-state index contributed by atoms with van der Waals surface area (Å²) in [5.74, 6) is 1.13. The van der Waals surface area contributed by atoms with Crippen LogP contribution in [-0.2, 0) is 9.53 Å². The SMILES string of the molecule is COCC1(CNC(=O)C(C)CSC)CCNCC1.Cl. The molecule has 2 N–H and O–H groups in total. The molecular weight excluding hydrogens is 284 g/mol. The highest BCUT2D eigenvalue weighted by Gasteiger charge is 2.32. The number of rotatable bonds is 7. The van der Waals surface area contributed by atoms with Gasteiger partial charge in [-0.25, -0.2) is 0 Å². The Labute approximate surface area is 127 Å². The lowest BCUT2D eigenvalue weighted by Crippen LogP contribution is -2.48. The summed E-state index contributed by atoms with van der Waals surface area (Å²) in [6.07, 6.45) is 4.17. The predicted molar refractivity (Wildman–Crippen MR) is 84.2 cm³/mol. The lowest BCUT2D eigenvalue weighted by molar-refractivity contribution is -0.124. The summed E-state index contributed by atoms with van der Waals surface area (Å²) in [4.78, 5) is 11.9. The Kier molecular flexibility index (Phi) is 9.87. The van der Waals surface area contributed by atoms with Gasteiger partial charge in [-0.3, -0.25) is 4.79 Å². The molecule has 0 spiro atoms. The molecule has 0 aromatic heterocycles. The Balaban J connectivity index is 0.00000324. The van der Waals surface area contributed by atoms with Crippen molar-refractivity contribution in [1.82, 2.24) is 10.6 Å². The van der Waals surface area contributed by atoms with Crippen LogP contribution in [0.2, 0.25) is 0 Å². The molecule has 0 saturated carbocycles. The van der Waals surface area contributed by atoms with Crippen molar-refractivity contribution in [1.29, 1.82) is 0 Å². The smallest absolute Gasteiger partial charge is 0.223 e. The van der Waals surface area contributed by atoms with Crippen molar-refractivity contribution in [2.75, 3.05) is 45.4 Å². The Morgan fingerprint density at radius 1 is 1.47 bits per heavy atom. The van der Waals surface area contributed by atoms with Crippen molar-refractivity contribution in [2.45, 2.75) is 19.8 Å². The van der Waals surface area contributed by atoms with Crippen LogP contribution in [0.25, 0.3) is 0 Å². The minimum Gasteiger partial charge on any atom is -0.384 e. The second-order valence-corrected chi connectivity index (χ2v) is 6.17. The molecule has 0 radical (unpaired) electrons. The number of amides is 1. The van der Waals surface area contributed by atoms with Gasteiger partial charge in [-0.05, 0) is 32.2 Å². The molecule has 19 heavy (non-hydrogen) atoms. The van der Waals surface area contributed by atoms with Crippen LogP contribution in [0.4, 0.5) is 0 Å². The summed E-state index contributed by atoms with van der Waals surface area (Å²) < 4.78 is 5.34. The first-order chi connectivity index (χ1) is 8.63. The maximum absolute atomic E-state index is 11.9. The number of hydrogen-bond acceptors (Lipinski definition) is 4. The van der Waals surface area contributed by atoms with Crippen LogP contribution in [0.3, 0.4) is 0 Å². The fraction of sp³-hybridized carbons (Fsp3) is 0.923. The maximum Gasteiger partial charge on any atom is 0.223 e. The highest BCUT2D eigenvalue weighted by Crippen LogP contribution is 2.28. The van der Waals surface area contributed by atoms with Crippen molar-refractivity contribution in [2.24, 2.45) is 11.3 Å². The molecule has 0 aromatic rings. The van der Waals surface area contributed by atoms with Gasteiger partial charge in [0.2, 0.25) is 5.91 Å². The van der Waals surface area contributed by atoms with E-state index in [1.807, 2.05) is 13.2 Å². The molecule has 1 saturated heterocycles. The number of hydrogen-bond donors (Lipinski definition) is 2. The summed E-state index contributed by atoms with van der Waals surface area (Å²) in [6.45, 7) is 5.47. The van der Waals surface area contributed by atoms with Crippen LogP contribution >= 0.6 is 24.2 Å². The second-order valence-electron chi connectivity index (χ2n) is 5.26. The third-order valence-corrected chi connectivity index (χ3v) is 4.45. The number of methoxy groups -OCH3 is 1. The first-order valence-electron chi connectivity index (χ1n) is 6.60. The van der Waals surface area contributed by atoms with E-state index in [1.165, 1.54) is 0 Å². The molecule has 1 aliphatic rings. The Morgan fingerprint density at radius 3 is 2.63 bits per heavy atom. The number of nitrogens with one attached hydrogen (secondary N) is 2. The van der Waals surface area contributed by atoms with E-state index in [1.54, 1.807) is 18.9 Å². The first kappa shape index (κ1) is 19.0. The molecule has 4 nitrogen and oxygen atoms in total. The van der Waals surface area contributed by atoms with Crippen molar-refractivity contribution >= 4 is 30.1 Å². The third kappa shape index (κ3) is 6.34. The van der Waals surface area contributed by atoms with Gasteiger partial charge in [-0.1, -0.05) is 6.92 Å². The summed E-state index contributed by atoms with van der Waals surface area (Å²) in [5.41, 5.74) is 0.120. The lowest BCUT2D eigenvalue weighted by Gasteiger charge is -2.37. The molecular formula is C13H27ClN2O2S. The summed E-state index contributed by atoms with van der Waals surface area (Å²) in [5, 5.41) is 6.46. The monoisotopic (exact) mass is 310 g/mol. The van der Waals surface area contributed by atoms with Gasteiger partial charge in [0.15, 0.2) is 0 Å². The van der Waals surface area contributed by atoms with E-state index in [0.29, 0.717) is 0 Å². The van der Waals surface area contributed by atoms with E-state index >= 15 is 0 Å². The van der Waals surface area contributed by atoms with Gasteiger partial charge in [-0.15, -0.1) is 12.4 Å². The fourth-order valence-electron chi connectivity index (χ4n) is 2.41. The second kappa shape index (κ2) is 9.86. The van der Waals surface area contributed by atoms with Gasteiger partial charge in [-0.2, -0.15) is 11.8 Å². The van der Waals surface area contributed by atoms with Crippen molar-refractivity contribution < 1.29 is 9.53 Å². The van der Waals surface area contributed by atoms with Crippen LogP contribution < -0.4 is 10.6 Å². The Bertz CT molecular complexity index is 256. The molecule has 1 amide bonds. The number of carbonyl (C=O) groups excluding carboxylic acids is 1. The quantitative estimate of drug-likeness (QED) is 0.749. The van der Waals surface area contributed by atoms with Crippen LogP contribution in [0, 0.1) is 11.3 Å². The number of piperidine rings is 1. The molecule has 0 aromatic carbocycles. The molecule has 1 heterocycles. The molecule has 1 aliphatic heterocycles. The van der Waals surface area contributed by atoms with E-state index in [9.17, 15) is 4.79 Å². The van der Waals surface area contributed by atoms with E-state index in [4.69, 9.17) is 4.74 Å². The molecule has 1 rings (SSSR count). The summed E-state index contributed by atoms with van der Waals surface area (Å²) >= 11 is 1.71. The number of carbonyl (C=O) groups is 1. The van der Waals surface area contributed by atoms with Gasteiger partial charge in [0.05, 0.1) is 6.61 Å². The van der Waals surface area contributed by atoms with E-state index < -0.39 is 0 Å². The van der Waals surface area contributed by atoms with Gasteiger partial charge >= 0.3 is 0 Å². The van der Waals surface area contributed by atoms with E-state index in [0.717, 1.165) is 44.8 Å². The third-order valence-electron chi connectivity index (χ3n) is 3.62. The predicted octanol–water partition coefficient (Wildman–Crippen LogP) is 1.54. The minimum absolute atomic E-state index is 0. The zero-order valence-electron chi connectivity index (χ0n) is 12.2. The average Bonchev–Trinajstić information content (AvgIpc) is 2.38. The van der Waals surface area contributed by atoms with Crippen molar-refractivity contribution in [3.8, 4) is 0 Å². The lowest BCUT2D eigenvalue weighted by atomic mass is 9.79. The van der Waals surface area contributed by atoms with Crippen LogP contribution in [-0.4, -0.2) is 51.3 Å². The van der Waals surface area contributed by atoms with Gasteiger partial charge in [0.1, 0.15) is 0 Å². The van der Waals surface area contributed by atoms with Crippen LogP contribution in [0.1, 0.15) is 19.8 Å². The van der Waals surface area contributed by atoms with Crippen molar-refractivity contribution in [3.05, 3.63) is 0 Å². The molecule has 0 bridgehead atoms. The number of ether oxygens (including phenoxy) is 1. The standard InChI is InChI=1S/C13H26N2O2S.ClH/c1-11(8-18-3)12(16)15-9-13(10-17-2)4-6-14-7-5-13;/h11,14H,4-10H2,1-3H3,(H,15,16);1H.